The fraction of sp³-hybridized carbons (Fsp3) is 0.182. The first-order valence-electron chi connectivity index (χ1n) is 13.4. The van der Waals surface area contributed by atoms with Crippen LogP contribution >= 0.6 is 0 Å². The minimum Gasteiger partial charge on any atom is -0.491 e. The Morgan fingerprint density at radius 2 is 1.75 bits per heavy atom. The van der Waals surface area contributed by atoms with Crippen LogP contribution in [0.5, 0.6) is 5.75 Å². The van der Waals surface area contributed by atoms with E-state index in [1.165, 1.54) is 4.68 Å². The molecule has 0 fully saturated rings. The summed E-state index contributed by atoms with van der Waals surface area (Å²) in [6.07, 6.45) is 2.83. The monoisotopic (exact) mass is 530 g/mol. The maximum Gasteiger partial charge on any atom is 0.282 e. The van der Waals surface area contributed by atoms with Crippen molar-refractivity contribution in [1.82, 2.24) is 14.2 Å². The number of hydrogen-bond acceptors (Lipinski definition) is 5. The van der Waals surface area contributed by atoms with Gasteiger partial charge < -0.3 is 13.7 Å². The Morgan fingerprint density at radius 3 is 2.52 bits per heavy atom. The zero-order valence-corrected chi connectivity index (χ0v) is 23.0. The summed E-state index contributed by atoms with van der Waals surface area (Å²) in [5, 5.41) is 6.08. The van der Waals surface area contributed by atoms with Gasteiger partial charge in [-0.1, -0.05) is 37.3 Å². The average Bonchev–Trinajstić information content (AvgIpc) is 3.53. The fourth-order valence-corrected chi connectivity index (χ4v) is 4.91. The van der Waals surface area contributed by atoms with Gasteiger partial charge in [0.05, 0.1) is 23.2 Å². The molecule has 200 valence electrons. The minimum atomic E-state index is -0.261. The molecule has 3 aromatic carbocycles. The van der Waals surface area contributed by atoms with E-state index in [9.17, 15) is 4.79 Å². The van der Waals surface area contributed by atoms with Crippen LogP contribution in [-0.4, -0.2) is 26.5 Å². The molecule has 40 heavy (non-hydrogen) atoms. The van der Waals surface area contributed by atoms with Gasteiger partial charge in [0.2, 0.25) is 5.82 Å². The third kappa shape index (κ3) is 4.60. The summed E-state index contributed by atoms with van der Waals surface area (Å²) in [5.41, 5.74) is 5.03. The Balaban J connectivity index is 1.41. The summed E-state index contributed by atoms with van der Waals surface area (Å²) >= 11 is 0. The number of hydrogen-bond donors (Lipinski definition) is 0. The van der Waals surface area contributed by atoms with E-state index >= 15 is 0 Å². The molecule has 3 aromatic heterocycles. The lowest BCUT2D eigenvalue weighted by Gasteiger charge is -2.14. The molecular weight excluding hydrogens is 500 g/mol. The van der Waals surface area contributed by atoms with Crippen molar-refractivity contribution in [2.75, 3.05) is 0 Å². The number of aryl methyl sites for hydroxylation is 1. The standard InChI is InChI=1S/C33H30N4O3/c1-5-22(3)39-27-16-14-26(15-17-27)36-21(2)18-25(23(36)4)20-34-37-32(31-19-24-10-6-9-13-30(24)40-31)35-29-12-8-7-11-28(29)33(37)38/h6-20,22H,5H2,1-4H3/t22-/m0/s1. The quantitative estimate of drug-likeness (QED) is 0.203. The summed E-state index contributed by atoms with van der Waals surface area (Å²) in [5.74, 6) is 1.68. The van der Waals surface area contributed by atoms with Crippen LogP contribution < -0.4 is 10.3 Å². The Hall–Kier alpha value is -4.91. The second kappa shape index (κ2) is 10.3. The van der Waals surface area contributed by atoms with Crippen molar-refractivity contribution in [2.24, 2.45) is 5.10 Å². The predicted molar refractivity (Wildman–Crippen MR) is 160 cm³/mol. The molecule has 0 aliphatic carbocycles. The third-order valence-electron chi connectivity index (χ3n) is 7.19. The van der Waals surface area contributed by atoms with E-state index in [1.807, 2.05) is 67.6 Å². The van der Waals surface area contributed by atoms with Crippen LogP contribution in [0.3, 0.4) is 0 Å². The van der Waals surface area contributed by atoms with Gasteiger partial charge in [-0.15, -0.1) is 0 Å². The van der Waals surface area contributed by atoms with Gasteiger partial charge in [-0.05, 0) is 81.8 Å². The first-order chi connectivity index (χ1) is 19.4. The Labute approximate surface area is 232 Å². The summed E-state index contributed by atoms with van der Waals surface area (Å²) in [6, 6.07) is 27.0. The van der Waals surface area contributed by atoms with E-state index in [0.29, 0.717) is 22.5 Å². The molecule has 0 amide bonds. The number of fused-ring (bicyclic) bond motifs is 2. The van der Waals surface area contributed by atoms with Crippen molar-refractivity contribution >= 4 is 28.1 Å². The number of aromatic nitrogens is 3. The van der Waals surface area contributed by atoms with Crippen LogP contribution in [0.15, 0.2) is 99.2 Å². The minimum absolute atomic E-state index is 0.168. The van der Waals surface area contributed by atoms with Gasteiger partial charge in [0.25, 0.3) is 5.56 Å². The van der Waals surface area contributed by atoms with E-state index in [4.69, 9.17) is 14.1 Å². The highest BCUT2D eigenvalue weighted by Gasteiger charge is 2.17. The molecular formula is C33H30N4O3. The first kappa shape index (κ1) is 25.4. The van der Waals surface area contributed by atoms with Gasteiger partial charge in [-0.25, -0.2) is 4.98 Å². The van der Waals surface area contributed by atoms with Gasteiger partial charge in [0, 0.05) is 28.0 Å². The van der Waals surface area contributed by atoms with Crippen molar-refractivity contribution < 1.29 is 9.15 Å². The van der Waals surface area contributed by atoms with Crippen molar-refractivity contribution in [3.8, 4) is 23.0 Å². The molecule has 0 saturated carbocycles. The molecule has 7 nitrogen and oxygen atoms in total. The maximum atomic E-state index is 13.6. The molecule has 0 unspecified atom stereocenters. The third-order valence-corrected chi connectivity index (χ3v) is 7.19. The summed E-state index contributed by atoms with van der Waals surface area (Å²) in [7, 11) is 0. The Kier molecular flexibility index (Phi) is 6.56. The largest absolute Gasteiger partial charge is 0.491 e. The zero-order valence-electron chi connectivity index (χ0n) is 23.0. The van der Waals surface area contributed by atoms with Crippen LogP contribution in [-0.2, 0) is 0 Å². The van der Waals surface area contributed by atoms with Gasteiger partial charge >= 0.3 is 0 Å². The Morgan fingerprint density at radius 1 is 1.00 bits per heavy atom. The molecule has 0 aliphatic rings. The van der Waals surface area contributed by atoms with Gasteiger partial charge in [0.1, 0.15) is 11.3 Å². The fourth-order valence-electron chi connectivity index (χ4n) is 4.91. The summed E-state index contributed by atoms with van der Waals surface area (Å²) in [6.45, 7) is 8.27. The van der Waals surface area contributed by atoms with Crippen LogP contribution in [0.4, 0.5) is 0 Å². The molecule has 7 heteroatoms. The molecule has 1 atom stereocenters. The van der Waals surface area contributed by atoms with Crippen LogP contribution in [0, 0.1) is 13.8 Å². The van der Waals surface area contributed by atoms with E-state index in [0.717, 1.165) is 45.8 Å². The smallest absolute Gasteiger partial charge is 0.282 e. The number of nitrogens with zero attached hydrogens (tertiary/aromatic N) is 4. The summed E-state index contributed by atoms with van der Waals surface area (Å²) in [4.78, 5) is 18.4. The van der Waals surface area contributed by atoms with Crippen LogP contribution in [0.1, 0.15) is 37.2 Å². The number of rotatable bonds is 7. The maximum absolute atomic E-state index is 13.6. The van der Waals surface area contributed by atoms with Gasteiger partial charge in [-0.2, -0.15) is 9.78 Å². The lowest BCUT2D eigenvalue weighted by molar-refractivity contribution is 0.217. The van der Waals surface area contributed by atoms with Gasteiger partial charge in [-0.3, -0.25) is 4.79 Å². The molecule has 0 aliphatic heterocycles. The number of para-hydroxylation sites is 2. The van der Waals surface area contributed by atoms with Crippen LogP contribution in [0.2, 0.25) is 0 Å². The predicted octanol–water partition coefficient (Wildman–Crippen LogP) is 7.28. The van der Waals surface area contributed by atoms with Crippen LogP contribution in [0.25, 0.3) is 39.1 Å². The molecule has 3 heterocycles. The van der Waals surface area contributed by atoms with E-state index in [2.05, 4.69) is 48.6 Å². The second-order valence-electron chi connectivity index (χ2n) is 9.96. The van der Waals surface area contributed by atoms with Crippen molar-refractivity contribution in [3.05, 3.63) is 112 Å². The highest BCUT2D eigenvalue weighted by Crippen LogP contribution is 2.27. The van der Waals surface area contributed by atoms with E-state index < -0.39 is 0 Å². The molecule has 0 spiro atoms. The number of ether oxygens (including phenoxy) is 1. The molecule has 6 rings (SSSR count). The lowest BCUT2D eigenvalue weighted by Crippen LogP contribution is -2.20. The molecule has 6 aromatic rings. The van der Waals surface area contributed by atoms with Crippen molar-refractivity contribution in [1.29, 1.82) is 0 Å². The molecule has 0 saturated heterocycles. The average molecular weight is 531 g/mol. The van der Waals surface area contributed by atoms with Crippen molar-refractivity contribution in [3.63, 3.8) is 0 Å². The van der Waals surface area contributed by atoms with Gasteiger partial charge in [0.15, 0.2) is 5.76 Å². The topological polar surface area (TPSA) is 74.6 Å². The highest BCUT2D eigenvalue weighted by molar-refractivity contribution is 5.85. The summed E-state index contributed by atoms with van der Waals surface area (Å²) < 4.78 is 15.5. The zero-order chi connectivity index (χ0) is 27.8. The lowest BCUT2D eigenvalue weighted by atomic mass is 10.2. The Bertz CT molecular complexity index is 1890. The number of benzene rings is 3. The highest BCUT2D eigenvalue weighted by atomic mass is 16.5. The normalized spacial score (nSPS) is 12.5. The first-order valence-corrected chi connectivity index (χ1v) is 13.4. The molecule has 0 radical (unpaired) electrons. The molecule has 0 bridgehead atoms. The van der Waals surface area contributed by atoms with E-state index in [1.54, 1.807) is 12.3 Å². The SMILES string of the molecule is CC[C@H](C)Oc1ccc(-n2c(C)cc(C=Nn3c(-c4cc5ccccc5o4)nc4ccccc4c3=O)c2C)cc1. The van der Waals surface area contributed by atoms with Crippen molar-refractivity contribution in [2.45, 2.75) is 40.2 Å². The molecule has 0 N–H and O–H groups in total. The number of furan rings is 1. The van der Waals surface area contributed by atoms with E-state index in [-0.39, 0.29) is 11.7 Å². The second-order valence-corrected chi connectivity index (χ2v) is 9.96.